The molecule has 112 valence electrons. The summed E-state index contributed by atoms with van der Waals surface area (Å²) in [5.41, 5.74) is 3.70. The Morgan fingerprint density at radius 3 is 2.78 bits per heavy atom. The minimum Gasteiger partial charge on any atom is -0.346 e. The number of rotatable bonds is 3. The molecule has 0 saturated carbocycles. The molecule has 0 unspecified atom stereocenters. The van der Waals surface area contributed by atoms with Crippen molar-refractivity contribution in [2.45, 2.75) is 6.54 Å². The van der Waals surface area contributed by atoms with Crippen LogP contribution in [-0.2, 0) is 6.54 Å². The van der Waals surface area contributed by atoms with Crippen molar-refractivity contribution in [1.82, 2.24) is 24.9 Å². The van der Waals surface area contributed by atoms with Gasteiger partial charge in [0.15, 0.2) is 0 Å². The average molecular weight is 303 g/mol. The van der Waals surface area contributed by atoms with Crippen LogP contribution in [0.5, 0.6) is 0 Å². The molecule has 0 atom stereocenters. The number of hydrogen-bond acceptors (Lipinski definition) is 4. The van der Waals surface area contributed by atoms with Crippen molar-refractivity contribution in [3.05, 3.63) is 72.3 Å². The van der Waals surface area contributed by atoms with Crippen molar-refractivity contribution in [1.29, 1.82) is 0 Å². The van der Waals surface area contributed by atoms with Crippen molar-refractivity contribution in [3.63, 3.8) is 0 Å². The second kappa shape index (κ2) is 5.49. The topological polar surface area (TPSA) is 72.2 Å². The van der Waals surface area contributed by atoms with Crippen LogP contribution < -0.4 is 5.32 Å². The fraction of sp³-hybridized carbons (Fsp3) is 0.0588. The highest BCUT2D eigenvalue weighted by molar-refractivity contribution is 5.93. The van der Waals surface area contributed by atoms with Crippen LogP contribution in [-0.4, -0.2) is 25.5 Å². The Morgan fingerprint density at radius 1 is 1.04 bits per heavy atom. The standard InChI is InChI=1S/C17H13N5O/c23-17(15-11-18-13-5-1-2-6-14(13)21-15)19-9-12-10-20-22-8-4-3-7-16(12)22/h1-8,10-11H,9H2,(H,19,23). The third kappa shape index (κ3) is 2.50. The van der Waals surface area contributed by atoms with E-state index in [1.165, 1.54) is 6.20 Å². The van der Waals surface area contributed by atoms with E-state index in [2.05, 4.69) is 20.4 Å². The van der Waals surface area contributed by atoms with Crippen molar-refractivity contribution in [2.75, 3.05) is 0 Å². The van der Waals surface area contributed by atoms with Gasteiger partial charge in [0.25, 0.3) is 5.91 Å². The zero-order valence-corrected chi connectivity index (χ0v) is 12.2. The number of aromatic nitrogens is 4. The lowest BCUT2D eigenvalue weighted by Gasteiger charge is -2.04. The van der Waals surface area contributed by atoms with Crippen LogP contribution in [0.15, 0.2) is 61.1 Å². The van der Waals surface area contributed by atoms with Gasteiger partial charge in [0.2, 0.25) is 0 Å². The number of carbonyl (C=O) groups excluding carboxylic acids is 1. The smallest absolute Gasteiger partial charge is 0.271 e. The molecule has 0 aliphatic carbocycles. The predicted octanol–water partition coefficient (Wildman–Crippen LogP) is 2.21. The Labute approximate surface area is 131 Å². The molecule has 0 bridgehead atoms. The summed E-state index contributed by atoms with van der Waals surface area (Å²) in [5.74, 6) is -0.251. The third-order valence-corrected chi connectivity index (χ3v) is 3.63. The molecule has 3 aromatic heterocycles. The van der Waals surface area contributed by atoms with Crippen molar-refractivity contribution >= 4 is 22.5 Å². The van der Waals surface area contributed by atoms with E-state index in [1.54, 1.807) is 10.7 Å². The second-order valence-electron chi connectivity index (χ2n) is 5.13. The van der Waals surface area contributed by atoms with Crippen molar-refractivity contribution in [3.8, 4) is 0 Å². The predicted molar refractivity (Wildman–Crippen MR) is 85.9 cm³/mol. The molecule has 0 radical (unpaired) electrons. The molecule has 0 spiro atoms. The summed E-state index contributed by atoms with van der Waals surface area (Å²) in [6, 6.07) is 13.3. The quantitative estimate of drug-likeness (QED) is 0.630. The Hall–Kier alpha value is -3.28. The summed E-state index contributed by atoms with van der Waals surface area (Å²) in [5, 5.41) is 7.11. The van der Waals surface area contributed by atoms with Gasteiger partial charge in [-0.3, -0.25) is 9.78 Å². The van der Waals surface area contributed by atoms with Gasteiger partial charge in [0.05, 0.1) is 28.9 Å². The van der Waals surface area contributed by atoms with E-state index in [4.69, 9.17) is 0 Å². The Kier molecular flexibility index (Phi) is 3.20. The first-order chi connectivity index (χ1) is 11.3. The van der Waals surface area contributed by atoms with Crippen LogP contribution in [0.4, 0.5) is 0 Å². The Bertz CT molecular complexity index is 1010. The first-order valence-corrected chi connectivity index (χ1v) is 7.22. The molecular weight excluding hydrogens is 290 g/mol. The molecule has 0 fully saturated rings. The van der Waals surface area contributed by atoms with E-state index in [-0.39, 0.29) is 5.91 Å². The number of nitrogens with one attached hydrogen (secondary N) is 1. The summed E-state index contributed by atoms with van der Waals surface area (Å²) in [6.07, 6.45) is 5.12. The monoisotopic (exact) mass is 303 g/mol. The lowest BCUT2D eigenvalue weighted by atomic mass is 10.2. The summed E-state index contributed by atoms with van der Waals surface area (Å²) in [6.45, 7) is 0.390. The average Bonchev–Trinajstić information content (AvgIpc) is 3.02. The van der Waals surface area contributed by atoms with Gasteiger partial charge >= 0.3 is 0 Å². The highest BCUT2D eigenvalue weighted by Gasteiger charge is 2.10. The Morgan fingerprint density at radius 2 is 1.87 bits per heavy atom. The molecule has 0 aliphatic rings. The van der Waals surface area contributed by atoms with Gasteiger partial charge in [0, 0.05) is 18.3 Å². The first kappa shape index (κ1) is 13.4. The van der Waals surface area contributed by atoms with E-state index in [0.717, 1.165) is 16.6 Å². The number of benzene rings is 1. The van der Waals surface area contributed by atoms with Crippen molar-refractivity contribution in [2.24, 2.45) is 0 Å². The maximum absolute atomic E-state index is 12.3. The van der Waals surface area contributed by atoms with Crippen LogP contribution in [0, 0.1) is 0 Å². The number of hydrogen-bond donors (Lipinski definition) is 1. The summed E-state index contributed by atoms with van der Waals surface area (Å²) >= 11 is 0. The molecular formula is C17H13N5O. The zero-order chi connectivity index (χ0) is 15.6. The van der Waals surface area contributed by atoms with Gasteiger partial charge in [-0.15, -0.1) is 0 Å². The van der Waals surface area contributed by atoms with Crippen LogP contribution >= 0.6 is 0 Å². The number of para-hydroxylation sites is 2. The van der Waals surface area contributed by atoms with Gasteiger partial charge in [-0.1, -0.05) is 18.2 Å². The molecule has 4 aromatic rings. The summed E-state index contributed by atoms with van der Waals surface area (Å²) in [4.78, 5) is 20.9. The minimum atomic E-state index is -0.251. The SMILES string of the molecule is O=C(NCc1cnn2ccccc12)c1cnc2ccccc2n1. The van der Waals surface area contributed by atoms with Gasteiger partial charge < -0.3 is 5.32 Å². The molecule has 0 saturated heterocycles. The molecule has 1 aromatic carbocycles. The second-order valence-corrected chi connectivity index (χ2v) is 5.13. The molecule has 6 heteroatoms. The molecule has 0 aliphatic heterocycles. The molecule has 4 rings (SSSR count). The normalized spacial score (nSPS) is 11.0. The zero-order valence-electron chi connectivity index (χ0n) is 12.2. The largest absolute Gasteiger partial charge is 0.346 e. The van der Waals surface area contributed by atoms with E-state index in [1.807, 2.05) is 48.7 Å². The fourth-order valence-electron chi connectivity index (χ4n) is 2.46. The number of carbonyl (C=O) groups is 1. The van der Waals surface area contributed by atoms with Crippen LogP contribution in [0.2, 0.25) is 0 Å². The molecule has 3 heterocycles. The van der Waals surface area contributed by atoms with Crippen LogP contribution in [0.3, 0.4) is 0 Å². The summed E-state index contributed by atoms with van der Waals surface area (Å²) < 4.78 is 1.78. The lowest BCUT2D eigenvalue weighted by Crippen LogP contribution is -2.24. The maximum atomic E-state index is 12.3. The lowest BCUT2D eigenvalue weighted by molar-refractivity contribution is 0.0946. The number of nitrogens with zero attached hydrogens (tertiary/aromatic N) is 4. The molecule has 6 nitrogen and oxygen atoms in total. The highest BCUT2D eigenvalue weighted by atomic mass is 16.1. The van der Waals surface area contributed by atoms with Gasteiger partial charge in [-0.2, -0.15) is 5.10 Å². The fourth-order valence-corrected chi connectivity index (χ4v) is 2.46. The molecule has 1 N–H and O–H groups in total. The van der Waals surface area contributed by atoms with Crippen molar-refractivity contribution < 1.29 is 4.79 Å². The van der Waals surface area contributed by atoms with E-state index >= 15 is 0 Å². The third-order valence-electron chi connectivity index (χ3n) is 3.63. The van der Waals surface area contributed by atoms with Crippen LogP contribution in [0.1, 0.15) is 16.1 Å². The highest BCUT2D eigenvalue weighted by Crippen LogP contribution is 2.11. The van der Waals surface area contributed by atoms with Gasteiger partial charge in [0.1, 0.15) is 5.69 Å². The van der Waals surface area contributed by atoms with Crippen LogP contribution in [0.25, 0.3) is 16.6 Å². The number of pyridine rings is 1. The van der Waals surface area contributed by atoms with E-state index in [9.17, 15) is 4.79 Å². The van der Waals surface area contributed by atoms with Gasteiger partial charge in [-0.05, 0) is 24.3 Å². The first-order valence-electron chi connectivity index (χ1n) is 7.22. The van der Waals surface area contributed by atoms with E-state index in [0.29, 0.717) is 17.8 Å². The van der Waals surface area contributed by atoms with E-state index < -0.39 is 0 Å². The maximum Gasteiger partial charge on any atom is 0.271 e. The van der Waals surface area contributed by atoms with Gasteiger partial charge in [-0.25, -0.2) is 9.50 Å². The molecule has 23 heavy (non-hydrogen) atoms. The number of amides is 1. The number of fused-ring (bicyclic) bond motifs is 2. The Balaban J connectivity index is 1.55. The minimum absolute atomic E-state index is 0.251. The molecule has 1 amide bonds. The summed E-state index contributed by atoms with van der Waals surface area (Å²) in [7, 11) is 0.